The molecule has 1 saturated heterocycles. The lowest BCUT2D eigenvalue weighted by molar-refractivity contribution is -0.141. The summed E-state index contributed by atoms with van der Waals surface area (Å²) in [6.45, 7) is 1.11. The van der Waals surface area contributed by atoms with Crippen LogP contribution in [0.25, 0.3) is 11.3 Å². The summed E-state index contributed by atoms with van der Waals surface area (Å²) in [6.07, 6.45) is 1.93. The average molecular weight is 463 g/mol. The number of anilines is 1. The molecule has 3 aromatic rings. The monoisotopic (exact) mass is 462 g/mol. The van der Waals surface area contributed by atoms with Crippen LogP contribution in [0, 0.1) is 0 Å². The van der Waals surface area contributed by atoms with Gasteiger partial charge in [-0.1, -0.05) is 42.1 Å². The summed E-state index contributed by atoms with van der Waals surface area (Å²) in [5.41, 5.74) is 1.01. The quantitative estimate of drug-likeness (QED) is 0.524. The Hall–Kier alpha value is -3.08. The number of hydrogen-bond acceptors (Lipinski definition) is 6. The molecule has 4 rings (SSSR count). The highest BCUT2D eigenvalue weighted by atomic mass is 32.2. The second kappa shape index (κ2) is 9.60. The molecule has 11 heteroatoms. The number of alkyl halides is 3. The van der Waals surface area contributed by atoms with Crippen LogP contribution < -0.4 is 4.90 Å². The third-order valence-electron chi connectivity index (χ3n) is 5.06. The van der Waals surface area contributed by atoms with Crippen molar-refractivity contribution in [3.8, 4) is 11.3 Å². The van der Waals surface area contributed by atoms with Gasteiger partial charge in [0.15, 0.2) is 5.16 Å². The van der Waals surface area contributed by atoms with E-state index in [0.29, 0.717) is 37.4 Å². The fourth-order valence-corrected chi connectivity index (χ4v) is 4.38. The molecular formula is C21H21F3N6OS. The number of benzene rings is 1. The van der Waals surface area contributed by atoms with Crippen LogP contribution in [0.2, 0.25) is 0 Å². The zero-order valence-corrected chi connectivity index (χ0v) is 17.9. The number of carbonyl (C=O) groups is 1. The first-order valence-corrected chi connectivity index (χ1v) is 11.0. The highest BCUT2D eigenvalue weighted by molar-refractivity contribution is 7.99. The zero-order chi connectivity index (χ0) is 22.6. The minimum Gasteiger partial charge on any atom is -0.352 e. The molecule has 1 amide bonds. The van der Waals surface area contributed by atoms with Gasteiger partial charge in [-0.05, 0) is 5.56 Å². The molecular weight excluding hydrogens is 441 g/mol. The number of piperazine rings is 1. The number of amides is 1. The predicted molar refractivity (Wildman–Crippen MR) is 115 cm³/mol. The van der Waals surface area contributed by atoms with Crippen molar-refractivity contribution in [3.05, 3.63) is 55.1 Å². The number of imidazole rings is 1. The Morgan fingerprint density at radius 3 is 2.41 bits per heavy atom. The van der Waals surface area contributed by atoms with E-state index in [1.54, 1.807) is 53.8 Å². The Labute approximate surface area is 187 Å². The van der Waals surface area contributed by atoms with Crippen LogP contribution in [0.4, 0.5) is 19.0 Å². The minimum atomic E-state index is -4.40. The molecule has 7 nitrogen and oxygen atoms in total. The predicted octanol–water partition coefficient (Wildman–Crippen LogP) is 3.34. The van der Waals surface area contributed by atoms with Crippen LogP contribution in [-0.4, -0.2) is 68.4 Å². The number of nitrogens with zero attached hydrogens (tertiary/aromatic N) is 6. The first-order valence-electron chi connectivity index (χ1n) is 10.00. The SMILES string of the molecule is O=C(CSc1ncc(-c2ccccc2)n1CC(F)(F)F)N1CCN(c2cnccn2)CC1. The normalized spacial score (nSPS) is 14.6. The molecule has 1 fully saturated rings. The fraction of sp³-hybridized carbons (Fsp3) is 0.333. The van der Waals surface area contributed by atoms with Crippen molar-refractivity contribution in [3.63, 3.8) is 0 Å². The number of thioether (sulfide) groups is 1. The van der Waals surface area contributed by atoms with Gasteiger partial charge in [0.25, 0.3) is 0 Å². The smallest absolute Gasteiger partial charge is 0.352 e. The van der Waals surface area contributed by atoms with Gasteiger partial charge in [-0.25, -0.2) is 9.97 Å². The van der Waals surface area contributed by atoms with E-state index < -0.39 is 12.7 Å². The third kappa shape index (κ3) is 5.39. The lowest BCUT2D eigenvalue weighted by Crippen LogP contribution is -2.49. The van der Waals surface area contributed by atoms with Gasteiger partial charge in [0.05, 0.1) is 23.8 Å². The lowest BCUT2D eigenvalue weighted by Gasteiger charge is -2.35. The van der Waals surface area contributed by atoms with Crippen LogP contribution in [0.1, 0.15) is 0 Å². The lowest BCUT2D eigenvalue weighted by atomic mass is 10.2. The summed E-state index contributed by atoms with van der Waals surface area (Å²) in [7, 11) is 0. The molecule has 0 saturated carbocycles. The average Bonchev–Trinajstić information content (AvgIpc) is 3.19. The van der Waals surface area contributed by atoms with Gasteiger partial charge in [-0.15, -0.1) is 0 Å². The van der Waals surface area contributed by atoms with Gasteiger partial charge in [-0.3, -0.25) is 9.78 Å². The van der Waals surface area contributed by atoms with Gasteiger partial charge >= 0.3 is 6.18 Å². The number of hydrogen-bond donors (Lipinski definition) is 0. The molecule has 3 heterocycles. The van der Waals surface area contributed by atoms with Gasteiger partial charge < -0.3 is 14.4 Å². The van der Waals surface area contributed by atoms with E-state index >= 15 is 0 Å². The Morgan fingerprint density at radius 2 is 1.75 bits per heavy atom. The van der Waals surface area contributed by atoms with Gasteiger partial charge in [-0.2, -0.15) is 13.2 Å². The van der Waals surface area contributed by atoms with Crippen molar-refractivity contribution in [1.82, 2.24) is 24.4 Å². The van der Waals surface area contributed by atoms with Crippen LogP contribution in [-0.2, 0) is 11.3 Å². The van der Waals surface area contributed by atoms with E-state index in [1.807, 2.05) is 4.90 Å². The first kappa shape index (κ1) is 22.1. The summed E-state index contributed by atoms with van der Waals surface area (Å²) in [5, 5.41) is 0.174. The van der Waals surface area contributed by atoms with E-state index in [4.69, 9.17) is 0 Å². The van der Waals surface area contributed by atoms with Crippen molar-refractivity contribution in [1.29, 1.82) is 0 Å². The Morgan fingerprint density at radius 1 is 1.00 bits per heavy atom. The topological polar surface area (TPSA) is 67.2 Å². The summed E-state index contributed by atoms with van der Waals surface area (Å²) < 4.78 is 40.8. The van der Waals surface area contributed by atoms with E-state index in [-0.39, 0.29) is 16.8 Å². The highest BCUT2D eigenvalue weighted by Crippen LogP contribution is 2.30. The molecule has 32 heavy (non-hydrogen) atoms. The van der Waals surface area contributed by atoms with E-state index in [9.17, 15) is 18.0 Å². The van der Waals surface area contributed by atoms with Crippen molar-refractivity contribution < 1.29 is 18.0 Å². The van der Waals surface area contributed by atoms with E-state index in [1.165, 1.54) is 6.20 Å². The van der Waals surface area contributed by atoms with Crippen LogP contribution in [0.3, 0.4) is 0 Å². The molecule has 0 unspecified atom stereocenters. The molecule has 168 valence electrons. The molecule has 0 bridgehead atoms. The molecule has 1 aliphatic heterocycles. The molecule has 2 aromatic heterocycles. The van der Waals surface area contributed by atoms with Crippen molar-refractivity contribution in [2.24, 2.45) is 0 Å². The minimum absolute atomic E-state index is 0.0221. The Balaban J connectivity index is 1.40. The molecule has 1 aromatic carbocycles. The van der Waals surface area contributed by atoms with E-state index in [0.717, 1.165) is 22.1 Å². The second-order valence-corrected chi connectivity index (χ2v) is 8.16. The van der Waals surface area contributed by atoms with Crippen LogP contribution >= 0.6 is 11.8 Å². The van der Waals surface area contributed by atoms with Crippen LogP contribution in [0.15, 0.2) is 60.3 Å². The molecule has 0 aliphatic carbocycles. The standard InChI is InChI=1S/C21H21F3N6OS/c22-21(23,24)15-30-17(16-4-2-1-3-5-16)12-27-20(30)32-14-19(31)29-10-8-28(9-11-29)18-13-25-6-7-26-18/h1-7,12-13H,8-11,14-15H2. The summed E-state index contributed by atoms with van der Waals surface area (Å²) in [6, 6.07) is 8.79. The summed E-state index contributed by atoms with van der Waals surface area (Å²) >= 11 is 1.03. The number of rotatable bonds is 6. The van der Waals surface area contributed by atoms with Gasteiger partial charge in [0.2, 0.25) is 5.91 Å². The summed E-state index contributed by atoms with van der Waals surface area (Å²) in [4.78, 5) is 29.0. The van der Waals surface area contributed by atoms with E-state index in [2.05, 4.69) is 15.0 Å². The fourth-order valence-electron chi connectivity index (χ4n) is 3.50. The van der Waals surface area contributed by atoms with Gasteiger partial charge in [0.1, 0.15) is 12.4 Å². The second-order valence-electron chi connectivity index (χ2n) is 7.21. The van der Waals surface area contributed by atoms with Crippen molar-refractivity contribution in [2.75, 3.05) is 36.8 Å². The Bertz CT molecular complexity index is 1040. The zero-order valence-electron chi connectivity index (χ0n) is 17.1. The summed E-state index contributed by atoms with van der Waals surface area (Å²) in [5.74, 6) is 0.655. The maximum Gasteiger partial charge on any atom is 0.406 e. The number of carbonyl (C=O) groups excluding carboxylic acids is 1. The molecule has 0 spiro atoms. The molecule has 0 atom stereocenters. The molecule has 1 aliphatic rings. The van der Waals surface area contributed by atoms with Crippen LogP contribution in [0.5, 0.6) is 0 Å². The van der Waals surface area contributed by atoms with Crippen molar-refractivity contribution in [2.45, 2.75) is 17.9 Å². The van der Waals surface area contributed by atoms with Crippen molar-refractivity contribution >= 4 is 23.5 Å². The van der Waals surface area contributed by atoms with Gasteiger partial charge in [0, 0.05) is 38.6 Å². The number of halogens is 3. The maximum absolute atomic E-state index is 13.2. The first-order chi connectivity index (χ1) is 15.4. The maximum atomic E-state index is 13.2. The highest BCUT2D eigenvalue weighted by Gasteiger charge is 2.31. The molecule has 0 radical (unpaired) electrons. The largest absolute Gasteiger partial charge is 0.406 e. The molecule has 0 N–H and O–H groups in total. The third-order valence-corrected chi connectivity index (χ3v) is 6.03. The number of aromatic nitrogens is 4. The Kier molecular flexibility index (Phi) is 6.63.